The minimum Gasteiger partial charge on any atom is -0.534 e. The summed E-state index contributed by atoms with van der Waals surface area (Å²) in [6.07, 6.45) is 2.49. The summed E-state index contributed by atoms with van der Waals surface area (Å²) in [6, 6.07) is 3.33. The molecule has 1 fully saturated rings. The van der Waals surface area contributed by atoms with Crippen LogP contribution in [-0.4, -0.2) is 64.6 Å². The number of methoxy groups -OCH3 is 1. The lowest BCUT2D eigenvalue weighted by Gasteiger charge is -2.30. The number of hydrogen-bond acceptors (Lipinski definition) is 6. The topological polar surface area (TPSA) is 96.3 Å². The van der Waals surface area contributed by atoms with Crippen LogP contribution in [0.25, 0.3) is 0 Å². The molecular weight excluding hydrogens is 357 g/mol. The van der Waals surface area contributed by atoms with Crippen LogP contribution in [0.5, 0.6) is 11.5 Å². The van der Waals surface area contributed by atoms with E-state index < -0.39 is 13.1 Å². The van der Waals surface area contributed by atoms with Crippen molar-refractivity contribution in [3.63, 3.8) is 0 Å². The molecule has 26 heavy (non-hydrogen) atoms. The van der Waals surface area contributed by atoms with Gasteiger partial charge in [0.25, 0.3) is 0 Å². The number of carboxylic acids is 1. The highest BCUT2D eigenvalue weighted by Gasteiger charge is 2.40. The fourth-order valence-corrected chi connectivity index (χ4v) is 4.68. The minimum absolute atomic E-state index is 0.0754. The van der Waals surface area contributed by atoms with Crippen LogP contribution < -0.4 is 9.39 Å². The molecule has 7 nitrogen and oxygen atoms in total. The summed E-state index contributed by atoms with van der Waals surface area (Å²) >= 11 is 1.37. The van der Waals surface area contributed by atoms with Gasteiger partial charge in [-0.3, -0.25) is 4.79 Å². The van der Waals surface area contributed by atoms with Gasteiger partial charge < -0.3 is 24.4 Å². The molecule has 0 radical (unpaired) electrons. The van der Waals surface area contributed by atoms with E-state index in [0.717, 1.165) is 25.9 Å². The molecule has 0 bridgehead atoms. The van der Waals surface area contributed by atoms with E-state index in [2.05, 4.69) is 0 Å². The predicted octanol–water partition coefficient (Wildman–Crippen LogP) is 1.46. The number of carbonyl (C=O) groups excluding carboxylic acids is 1. The number of ether oxygens (including phenoxy) is 1. The Morgan fingerprint density at radius 3 is 2.69 bits per heavy atom. The minimum atomic E-state index is -1.19. The third kappa shape index (κ3) is 3.64. The van der Waals surface area contributed by atoms with Crippen LogP contribution >= 0.6 is 11.8 Å². The molecule has 1 saturated heterocycles. The SMILES string of the molecule is COc1ccc2c(c1C(=O)O)OB(O)[C@@H](SC(C)C(=O)N1CCCC1)C2. The van der Waals surface area contributed by atoms with Gasteiger partial charge in [-0.05, 0) is 37.8 Å². The zero-order valence-corrected chi connectivity index (χ0v) is 15.6. The maximum absolute atomic E-state index is 12.5. The average Bonchev–Trinajstić information content (AvgIpc) is 3.15. The summed E-state index contributed by atoms with van der Waals surface area (Å²) in [7, 11) is 0.198. The lowest BCUT2D eigenvalue weighted by atomic mass is 9.77. The number of carbonyl (C=O) groups is 2. The van der Waals surface area contributed by atoms with Crippen molar-refractivity contribution in [3.05, 3.63) is 23.3 Å². The van der Waals surface area contributed by atoms with Gasteiger partial charge in [-0.15, -0.1) is 11.8 Å². The van der Waals surface area contributed by atoms with Crippen LogP contribution in [-0.2, 0) is 11.2 Å². The van der Waals surface area contributed by atoms with E-state index in [-0.39, 0.29) is 33.4 Å². The molecule has 2 heterocycles. The lowest BCUT2D eigenvalue weighted by Crippen LogP contribution is -2.43. The van der Waals surface area contributed by atoms with Crippen LogP contribution in [0.3, 0.4) is 0 Å². The smallest absolute Gasteiger partial charge is 0.534 e. The molecule has 0 spiro atoms. The van der Waals surface area contributed by atoms with Gasteiger partial charge >= 0.3 is 13.1 Å². The van der Waals surface area contributed by atoms with Crippen LogP contribution in [0.15, 0.2) is 12.1 Å². The van der Waals surface area contributed by atoms with Gasteiger partial charge in [0.05, 0.1) is 17.5 Å². The van der Waals surface area contributed by atoms with Gasteiger partial charge in [0.15, 0.2) is 0 Å². The number of carboxylic acid groups (broad SMARTS) is 1. The highest BCUT2D eigenvalue weighted by molar-refractivity contribution is 8.02. The molecule has 1 unspecified atom stereocenters. The van der Waals surface area contributed by atoms with Crippen molar-refractivity contribution < 1.29 is 29.1 Å². The second kappa shape index (κ2) is 7.79. The van der Waals surface area contributed by atoms with Crippen molar-refractivity contribution in [3.8, 4) is 11.5 Å². The highest BCUT2D eigenvalue weighted by atomic mass is 32.2. The van der Waals surface area contributed by atoms with Crippen LogP contribution in [0.4, 0.5) is 0 Å². The Hall–Kier alpha value is -1.87. The number of likely N-dealkylation sites (tertiary alicyclic amines) is 1. The van der Waals surface area contributed by atoms with Gasteiger partial charge in [-0.2, -0.15) is 0 Å². The standard InChI is InChI=1S/C17H22BNO6S/c1-10(16(20)19-7-3-4-8-19)26-13-9-11-5-6-12(24-2)14(17(21)22)15(11)25-18(13)23/h5-6,10,13,23H,3-4,7-9H2,1-2H3,(H,21,22)/t10?,13-/m0/s1. The molecule has 140 valence electrons. The number of amides is 1. The fourth-order valence-electron chi connectivity index (χ4n) is 3.42. The molecule has 1 aromatic rings. The van der Waals surface area contributed by atoms with Crippen LogP contribution in [0.1, 0.15) is 35.7 Å². The molecule has 1 amide bonds. The summed E-state index contributed by atoms with van der Waals surface area (Å²) < 4.78 is 10.6. The summed E-state index contributed by atoms with van der Waals surface area (Å²) in [5.41, 5.74) is 0.598. The van der Waals surface area contributed by atoms with Gasteiger partial charge in [0.1, 0.15) is 17.1 Å². The molecule has 2 aliphatic heterocycles. The van der Waals surface area contributed by atoms with E-state index >= 15 is 0 Å². The number of benzene rings is 1. The first kappa shape index (κ1) is 18.9. The Morgan fingerprint density at radius 2 is 2.08 bits per heavy atom. The fraction of sp³-hybridized carbons (Fsp3) is 0.529. The monoisotopic (exact) mass is 379 g/mol. The molecular formula is C17H22BNO6S. The Labute approximate surface area is 156 Å². The predicted molar refractivity (Wildman–Crippen MR) is 98.9 cm³/mol. The van der Waals surface area contributed by atoms with Crippen molar-refractivity contribution in [2.24, 2.45) is 0 Å². The largest absolute Gasteiger partial charge is 0.536 e. The first-order valence-corrected chi connectivity index (χ1v) is 9.58. The zero-order chi connectivity index (χ0) is 18.8. The van der Waals surface area contributed by atoms with E-state index in [0.29, 0.717) is 12.0 Å². The van der Waals surface area contributed by atoms with E-state index in [9.17, 15) is 19.7 Å². The van der Waals surface area contributed by atoms with Crippen molar-refractivity contribution in [2.45, 2.75) is 36.6 Å². The molecule has 2 N–H and O–H groups in total. The number of fused-ring (bicyclic) bond motifs is 1. The Balaban J connectivity index is 1.76. The number of rotatable bonds is 5. The van der Waals surface area contributed by atoms with Gasteiger partial charge in [-0.25, -0.2) is 4.79 Å². The van der Waals surface area contributed by atoms with Crippen molar-refractivity contribution in [2.75, 3.05) is 20.2 Å². The number of thioether (sulfide) groups is 1. The maximum atomic E-state index is 12.5. The van der Waals surface area contributed by atoms with Crippen LogP contribution in [0.2, 0.25) is 0 Å². The third-order valence-corrected chi connectivity index (χ3v) is 6.12. The molecule has 1 aromatic carbocycles. The van der Waals surface area contributed by atoms with Crippen molar-refractivity contribution in [1.82, 2.24) is 4.90 Å². The van der Waals surface area contributed by atoms with E-state index in [1.165, 1.54) is 18.9 Å². The number of aromatic carboxylic acids is 1. The van der Waals surface area contributed by atoms with E-state index in [1.807, 2.05) is 11.8 Å². The molecule has 0 saturated carbocycles. The second-order valence-electron chi connectivity index (χ2n) is 6.50. The molecule has 2 aliphatic rings. The second-order valence-corrected chi connectivity index (χ2v) is 8.08. The maximum Gasteiger partial charge on any atom is 0.536 e. The Bertz CT molecular complexity index is 709. The zero-order valence-electron chi connectivity index (χ0n) is 14.8. The van der Waals surface area contributed by atoms with Gasteiger partial charge in [0.2, 0.25) is 5.91 Å². The molecule has 0 aromatic heterocycles. The number of nitrogens with zero attached hydrogens (tertiary/aromatic N) is 1. The van der Waals surface area contributed by atoms with Crippen LogP contribution in [0, 0.1) is 0 Å². The average molecular weight is 379 g/mol. The first-order chi connectivity index (χ1) is 12.4. The molecule has 3 rings (SSSR count). The van der Waals surface area contributed by atoms with Gasteiger partial charge in [0, 0.05) is 13.1 Å². The summed E-state index contributed by atoms with van der Waals surface area (Å²) in [4.78, 5) is 25.9. The Morgan fingerprint density at radius 1 is 1.38 bits per heavy atom. The van der Waals surface area contributed by atoms with Gasteiger partial charge in [-0.1, -0.05) is 6.07 Å². The summed E-state index contributed by atoms with van der Waals surface area (Å²) in [6.45, 7) is 3.42. The lowest BCUT2D eigenvalue weighted by molar-refractivity contribution is -0.129. The van der Waals surface area contributed by atoms with Crippen molar-refractivity contribution >= 4 is 30.8 Å². The number of hydrogen-bond donors (Lipinski definition) is 2. The molecule has 0 aliphatic carbocycles. The summed E-state index contributed by atoms with van der Waals surface area (Å²) in [5, 5.41) is 19.2. The first-order valence-electron chi connectivity index (χ1n) is 8.64. The van der Waals surface area contributed by atoms with E-state index in [1.54, 1.807) is 12.1 Å². The Kier molecular flexibility index (Phi) is 5.67. The highest BCUT2D eigenvalue weighted by Crippen LogP contribution is 2.39. The normalized spacial score (nSPS) is 20.3. The third-order valence-electron chi connectivity index (χ3n) is 4.76. The molecule has 2 atom stereocenters. The van der Waals surface area contributed by atoms with E-state index in [4.69, 9.17) is 9.39 Å². The molecule has 9 heteroatoms. The quantitative estimate of drug-likeness (QED) is 0.748. The summed E-state index contributed by atoms with van der Waals surface area (Å²) in [5.74, 6) is -0.770. The van der Waals surface area contributed by atoms with Crippen molar-refractivity contribution in [1.29, 1.82) is 0 Å².